The third kappa shape index (κ3) is 3.23. The number of nitrogens with zero attached hydrogens (tertiary/aromatic N) is 1. The Balaban J connectivity index is 1.74. The van der Waals surface area contributed by atoms with Crippen LogP contribution in [0.3, 0.4) is 0 Å². The summed E-state index contributed by atoms with van der Waals surface area (Å²) >= 11 is 0. The summed E-state index contributed by atoms with van der Waals surface area (Å²) in [6.45, 7) is 1.34. The van der Waals surface area contributed by atoms with Gasteiger partial charge in [0.25, 0.3) is 0 Å². The van der Waals surface area contributed by atoms with E-state index in [-0.39, 0.29) is 12.5 Å². The van der Waals surface area contributed by atoms with Gasteiger partial charge in [0.15, 0.2) is 0 Å². The van der Waals surface area contributed by atoms with Gasteiger partial charge in [0, 0.05) is 38.7 Å². The zero-order chi connectivity index (χ0) is 17.0. The van der Waals surface area contributed by atoms with Gasteiger partial charge in [-0.25, -0.2) is 0 Å². The third-order valence-corrected chi connectivity index (χ3v) is 4.89. The lowest BCUT2D eigenvalue weighted by Crippen LogP contribution is -2.49. The average molecular weight is 328 g/mol. The van der Waals surface area contributed by atoms with Crippen molar-refractivity contribution in [2.45, 2.75) is 24.4 Å². The van der Waals surface area contributed by atoms with Crippen LogP contribution in [-0.2, 0) is 22.0 Å². The van der Waals surface area contributed by atoms with Crippen LogP contribution in [0.15, 0.2) is 48.7 Å². The van der Waals surface area contributed by atoms with Gasteiger partial charge in [-0.15, -0.1) is 0 Å². The highest BCUT2D eigenvalue weighted by atomic mass is 16.5. The quantitative estimate of drug-likeness (QED) is 0.881. The molecule has 1 aliphatic rings. The van der Waals surface area contributed by atoms with E-state index in [1.807, 2.05) is 60.3 Å². The van der Waals surface area contributed by atoms with Crippen LogP contribution in [0.1, 0.15) is 30.2 Å². The number of aryl methyl sites for hydroxylation is 1. The molecule has 1 aromatic carbocycles. The van der Waals surface area contributed by atoms with Crippen molar-refractivity contribution < 1.29 is 14.6 Å². The number of aliphatic hydroxyl groups excluding tert-OH is 1. The number of rotatable bonds is 5. The summed E-state index contributed by atoms with van der Waals surface area (Å²) in [5, 5.41) is 13.3. The van der Waals surface area contributed by atoms with Crippen molar-refractivity contribution in [3.63, 3.8) is 0 Å². The lowest BCUT2D eigenvalue weighted by molar-refractivity contribution is -0.131. The number of hydrogen-bond donors (Lipinski definition) is 2. The van der Waals surface area contributed by atoms with Crippen molar-refractivity contribution in [2.75, 3.05) is 19.8 Å². The molecular weight excluding hydrogens is 304 g/mol. The minimum Gasteiger partial charge on any atom is -0.385 e. The number of carbonyl (C=O) groups excluding carboxylic acids is 1. The van der Waals surface area contributed by atoms with E-state index in [1.54, 1.807) is 0 Å². The molecule has 24 heavy (non-hydrogen) atoms. The average Bonchev–Trinajstić information content (AvgIpc) is 3.06. The normalized spacial score (nSPS) is 18.1. The van der Waals surface area contributed by atoms with Gasteiger partial charge in [0.1, 0.15) is 6.10 Å². The Bertz CT molecular complexity index is 675. The van der Waals surface area contributed by atoms with E-state index >= 15 is 0 Å². The van der Waals surface area contributed by atoms with Crippen LogP contribution < -0.4 is 5.32 Å². The van der Waals surface area contributed by atoms with Crippen molar-refractivity contribution in [1.82, 2.24) is 9.88 Å². The summed E-state index contributed by atoms with van der Waals surface area (Å²) in [5.74, 6) is -0.0368. The van der Waals surface area contributed by atoms with Gasteiger partial charge in [-0.3, -0.25) is 4.79 Å². The highest BCUT2D eigenvalue weighted by Gasteiger charge is 2.41. The molecule has 1 amide bonds. The Labute approximate surface area is 142 Å². The van der Waals surface area contributed by atoms with Crippen molar-refractivity contribution >= 4 is 5.91 Å². The molecule has 0 spiro atoms. The first-order valence-corrected chi connectivity index (χ1v) is 8.34. The molecule has 1 aromatic heterocycles. The molecule has 2 heterocycles. The molecule has 128 valence electrons. The number of benzene rings is 1. The minimum atomic E-state index is -0.721. The summed E-state index contributed by atoms with van der Waals surface area (Å²) in [5.41, 5.74) is 1.23. The summed E-state index contributed by atoms with van der Waals surface area (Å²) in [4.78, 5) is 13.0. The van der Waals surface area contributed by atoms with Crippen LogP contribution in [0, 0.1) is 0 Å². The van der Waals surface area contributed by atoms with Crippen LogP contribution in [-0.4, -0.2) is 35.3 Å². The molecule has 0 bridgehead atoms. The molecular formula is C19H24N2O3. The smallest absolute Gasteiger partial charge is 0.230 e. The topological polar surface area (TPSA) is 63.5 Å². The Morgan fingerprint density at radius 3 is 2.58 bits per heavy atom. The molecule has 0 unspecified atom stereocenters. The van der Waals surface area contributed by atoms with Gasteiger partial charge in [0.05, 0.1) is 5.41 Å². The Kier molecular flexibility index (Phi) is 5.02. The zero-order valence-corrected chi connectivity index (χ0v) is 13.9. The van der Waals surface area contributed by atoms with Crippen molar-refractivity contribution in [2.24, 2.45) is 7.05 Å². The zero-order valence-electron chi connectivity index (χ0n) is 13.9. The Morgan fingerprint density at radius 1 is 1.25 bits per heavy atom. The molecule has 5 nitrogen and oxygen atoms in total. The second kappa shape index (κ2) is 7.20. The van der Waals surface area contributed by atoms with Crippen LogP contribution in [0.4, 0.5) is 0 Å². The molecule has 1 atom stereocenters. The van der Waals surface area contributed by atoms with Gasteiger partial charge in [0.2, 0.25) is 5.91 Å². The molecule has 0 saturated carbocycles. The fourth-order valence-electron chi connectivity index (χ4n) is 3.41. The first-order chi connectivity index (χ1) is 11.6. The van der Waals surface area contributed by atoms with Crippen LogP contribution in [0.5, 0.6) is 0 Å². The molecule has 1 aliphatic heterocycles. The maximum atomic E-state index is 13.0. The van der Waals surface area contributed by atoms with Crippen molar-refractivity contribution in [3.05, 3.63) is 59.9 Å². The number of hydrogen-bond acceptors (Lipinski definition) is 3. The second-order valence-corrected chi connectivity index (χ2v) is 6.33. The lowest BCUT2D eigenvalue weighted by atomic mass is 9.73. The Hall–Kier alpha value is -2.11. The highest BCUT2D eigenvalue weighted by molar-refractivity contribution is 5.88. The van der Waals surface area contributed by atoms with Crippen LogP contribution >= 0.6 is 0 Å². The summed E-state index contributed by atoms with van der Waals surface area (Å²) in [7, 11) is 1.88. The van der Waals surface area contributed by atoms with E-state index in [4.69, 9.17) is 4.74 Å². The first kappa shape index (κ1) is 16.7. The van der Waals surface area contributed by atoms with Crippen molar-refractivity contribution in [1.29, 1.82) is 0 Å². The summed E-state index contributed by atoms with van der Waals surface area (Å²) < 4.78 is 7.32. The lowest BCUT2D eigenvalue weighted by Gasteiger charge is -2.36. The van der Waals surface area contributed by atoms with E-state index < -0.39 is 11.5 Å². The predicted octanol–water partition coefficient (Wildman–Crippen LogP) is 1.92. The molecule has 0 aliphatic carbocycles. The standard InChI is InChI=1S/C19H24N2O3/c1-21-11-5-8-16(21)17(22)14-20-18(23)19(9-12-24-13-10-19)15-6-3-2-4-7-15/h2-8,11,17,22H,9-10,12-14H2,1H3,(H,20,23)/t17-/m0/s1. The highest BCUT2D eigenvalue weighted by Crippen LogP contribution is 2.35. The molecule has 3 rings (SSSR count). The molecule has 2 N–H and O–H groups in total. The number of amides is 1. The fraction of sp³-hybridized carbons (Fsp3) is 0.421. The maximum Gasteiger partial charge on any atom is 0.230 e. The van der Waals surface area contributed by atoms with E-state index in [9.17, 15) is 9.90 Å². The minimum absolute atomic E-state index is 0.0368. The summed E-state index contributed by atoms with van der Waals surface area (Å²) in [6, 6.07) is 13.6. The largest absolute Gasteiger partial charge is 0.385 e. The third-order valence-electron chi connectivity index (χ3n) is 4.89. The number of aliphatic hydroxyl groups is 1. The number of nitrogens with one attached hydrogen (secondary N) is 1. The number of ether oxygens (including phenoxy) is 1. The van der Waals surface area contributed by atoms with Gasteiger partial charge in [-0.05, 0) is 30.5 Å². The second-order valence-electron chi connectivity index (χ2n) is 6.33. The van der Waals surface area contributed by atoms with Crippen molar-refractivity contribution in [3.8, 4) is 0 Å². The van der Waals surface area contributed by atoms with E-state index in [2.05, 4.69) is 5.32 Å². The maximum absolute atomic E-state index is 13.0. The van der Waals surface area contributed by atoms with Crippen LogP contribution in [0.25, 0.3) is 0 Å². The first-order valence-electron chi connectivity index (χ1n) is 8.34. The predicted molar refractivity (Wildman–Crippen MR) is 91.6 cm³/mol. The van der Waals surface area contributed by atoms with Gasteiger partial charge >= 0.3 is 0 Å². The van der Waals surface area contributed by atoms with E-state index in [1.165, 1.54) is 0 Å². The Morgan fingerprint density at radius 2 is 1.96 bits per heavy atom. The van der Waals surface area contributed by atoms with Gasteiger partial charge < -0.3 is 19.7 Å². The SMILES string of the molecule is Cn1cccc1[C@@H](O)CNC(=O)C1(c2ccccc2)CCOCC1. The molecule has 2 aromatic rings. The summed E-state index contributed by atoms with van der Waals surface area (Å²) in [6.07, 6.45) is 2.47. The monoisotopic (exact) mass is 328 g/mol. The van der Waals surface area contributed by atoms with Gasteiger partial charge in [-0.1, -0.05) is 30.3 Å². The van der Waals surface area contributed by atoms with E-state index in [0.717, 1.165) is 11.3 Å². The van der Waals surface area contributed by atoms with Crippen LogP contribution in [0.2, 0.25) is 0 Å². The van der Waals surface area contributed by atoms with Gasteiger partial charge in [-0.2, -0.15) is 0 Å². The molecule has 0 radical (unpaired) electrons. The van der Waals surface area contributed by atoms with E-state index in [0.29, 0.717) is 26.1 Å². The molecule has 1 saturated heterocycles. The fourth-order valence-corrected chi connectivity index (χ4v) is 3.41. The molecule has 5 heteroatoms. The number of aromatic nitrogens is 1. The molecule has 1 fully saturated rings. The number of carbonyl (C=O) groups is 1.